The first-order chi connectivity index (χ1) is 7.25. The molecule has 0 aliphatic carbocycles. The van der Waals surface area contributed by atoms with E-state index in [0.29, 0.717) is 12.5 Å². The second-order valence-corrected chi connectivity index (χ2v) is 3.89. The molecule has 1 aromatic heterocycles. The van der Waals surface area contributed by atoms with E-state index in [-0.39, 0.29) is 5.91 Å². The highest BCUT2D eigenvalue weighted by atomic mass is 16.1. The number of hydrogen-bond donors (Lipinski definition) is 2. The average molecular weight is 208 g/mol. The molecule has 1 atom stereocenters. The summed E-state index contributed by atoms with van der Waals surface area (Å²) in [5.74, 6) is 0.802. The Morgan fingerprint density at radius 3 is 3.27 bits per heavy atom. The van der Waals surface area contributed by atoms with Gasteiger partial charge in [-0.1, -0.05) is 0 Å². The minimum absolute atomic E-state index is 0.0537. The molecule has 15 heavy (non-hydrogen) atoms. The summed E-state index contributed by atoms with van der Waals surface area (Å²) in [5.41, 5.74) is 0. The van der Waals surface area contributed by atoms with E-state index in [2.05, 4.69) is 15.7 Å². The van der Waals surface area contributed by atoms with Crippen molar-refractivity contribution < 1.29 is 4.79 Å². The fourth-order valence-corrected chi connectivity index (χ4v) is 1.85. The molecule has 1 aromatic rings. The average Bonchev–Trinajstić information content (AvgIpc) is 2.79. The van der Waals surface area contributed by atoms with Crippen LogP contribution in [0.15, 0.2) is 12.3 Å². The van der Waals surface area contributed by atoms with E-state index in [0.717, 1.165) is 18.8 Å². The predicted octanol–water partition coefficient (Wildman–Crippen LogP) is 0.501. The fourth-order valence-electron chi connectivity index (χ4n) is 1.85. The molecule has 2 rings (SSSR count). The molecule has 1 aliphatic rings. The molecule has 0 bridgehead atoms. The molecule has 5 heteroatoms. The second kappa shape index (κ2) is 4.44. The van der Waals surface area contributed by atoms with Gasteiger partial charge in [-0.3, -0.25) is 9.48 Å². The lowest BCUT2D eigenvalue weighted by atomic mass is 10.1. The minimum atomic E-state index is 0.0537. The predicted molar refractivity (Wildman–Crippen MR) is 57.5 cm³/mol. The lowest BCUT2D eigenvalue weighted by Gasteiger charge is -2.10. The first kappa shape index (κ1) is 10.2. The molecule has 0 spiro atoms. The van der Waals surface area contributed by atoms with Crippen LogP contribution < -0.4 is 10.6 Å². The van der Waals surface area contributed by atoms with Gasteiger partial charge in [0.1, 0.15) is 5.82 Å². The van der Waals surface area contributed by atoms with Crippen LogP contribution in [-0.2, 0) is 11.8 Å². The monoisotopic (exact) mass is 208 g/mol. The van der Waals surface area contributed by atoms with Gasteiger partial charge in [-0.2, -0.15) is 5.10 Å². The zero-order valence-electron chi connectivity index (χ0n) is 8.86. The quantitative estimate of drug-likeness (QED) is 0.760. The summed E-state index contributed by atoms with van der Waals surface area (Å²) in [7, 11) is 1.81. The van der Waals surface area contributed by atoms with Crippen molar-refractivity contribution in [2.45, 2.75) is 25.3 Å². The van der Waals surface area contributed by atoms with Crippen molar-refractivity contribution in [2.75, 3.05) is 11.9 Å². The van der Waals surface area contributed by atoms with Gasteiger partial charge in [0.25, 0.3) is 0 Å². The Kier molecular flexibility index (Phi) is 3.01. The molecular formula is C10H16N4O. The van der Waals surface area contributed by atoms with Gasteiger partial charge < -0.3 is 10.6 Å². The fraction of sp³-hybridized carbons (Fsp3) is 0.600. The number of aromatic nitrogens is 2. The Morgan fingerprint density at radius 1 is 1.80 bits per heavy atom. The summed E-state index contributed by atoms with van der Waals surface area (Å²) in [4.78, 5) is 11.6. The lowest BCUT2D eigenvalue weighted by molar-refractivity contribution is -0.116. The third-order valence-electron chi connectivity index (χ3n) is 2.68. The van der Waals surface area contributed by atoms with E-state index in [9.17, 15) is 4.79 Å². The van der Waals surface area contributed by atoms with E-state index in [4.69, 9.17) is 0 Å². The molecular weight excluding hydrogens is 192 g/mol. The van der Waals surface area contributed by atoms with Crippen molar-refractivity contribution in [1.82, 2.24) is 15.1 Å². The summed E-state index contributed by atoms with van der Waals surface area (Å²) in [6.45, 7) is 1.03. The number of carbonyl (C=O) groups is 1. The highest BCUT2D eigenvalue weighted by Gasteiger charge is 2.17. The number of anilines is 1. The topological polar surface area (TPSA) is 59.0 Å². The molecule has 1 aliphatic heterocycles. The van der Waals surface area contributed by atoms with E-state index in [1.807, 2.05) is 7.05 Å². The van der Waals surface area contributed by atoms with Gasteiger partial charge in [0, 0.05) is 25.6 Å². The molecule has 82 valence electrons. The van der Waals surface area contributed by atoms with E-state index < -0.39 is 0 Å². The zero-order chi connectivity index (χ0) is 10.7. The Bertz CT molecular complexity index is 341. The molecule has 1 unspecified atom stereocenters. The molecule has 1 amide bonds. The highest BCUT2D eigenvalue weighted by Crippen LogP contribution is 2.10. The smallest absolute Gasteiger partial charge is 0.227 e. The number of amides is 1. The van der Waals surface area contributed by atoms with Gasteiger partial charge >= 0.3 is 0 Å². The molecule has 0 saturated carbocycles. The van der Waals surface area contributed by atoms with Crippen molar-refractivity contribution in [3.8, 4) is 0 Å². The Morgan fingerprint density at radius 2 is 2.67 bits per heavy atom. The normalized spacial score (nSPS) is 20.5. The third kappa shape index (κ3) is 2.56. The number of carbonyl (C=O) groups excluding carboxylic acids is 1. The van der Waals surface area contributed by atoms with Crippen LogP contribution in [0.5, 0.6) is 0 Å². The molecule has 2 heterocycles. The van der Waals surface area contributed by atoms with Gasteiger partial charge in [0.15, 0.2) is 0 Å². The van der Waals surface area contributed by atoms with Crippen LogP contribution >= 0.6 is 0 Å². The zero-order valence-corrected chi connectivity index (χ0v) is 8.86. The summed E-state index contributed by atoms with van der Waals surface area (Å²) >= 11 is 0. The maximum atomic E-state index is 11.6. The van der Waals surface area contributed by atoms with Gasteiger partial charge in [0.05, 0.1) is 6.20 Å². The largest absolute Gasteiger partial charge is 0.313 e. The van der Waals surface area contributed by atoms with Gasteiger partial charge in [-0.05, 0) is 19.4 Å². The number of aryl methyl sites for hydroxylation is 1. The van der Waals surface area contributed by atoms with Crippen molar-refractivity contribution in [3.05, 3.63) is 12.3 Å². The third-order valence-corrected chi connectivity index (χ3v) is 2.68. The Labute approximate surface area is 88.8 Å². The standard InChI is InChI=1S/C10H16N4O/c1-14-9(4-6-12-14)13-10(15)7-8-3-2-5-11-8/h4,6,8,11H,2-3,5,7H2,1H3,(H,13,15). The molecule has 1 fully saturated rings. The van der Waals surface area contributed by atoms with Crippen LogP contribution in [0.3, 0.4) is 0 Å². The maximum Gasteiger partial charge on any atom is 0.227 e. The van der Waals surface area contributed by atoms with Crippen LogP contribution in [0.2, 0.25) is 0 Å². The first-order valence-electron chi connectivity index (χ1n) is 5.27. The number of nitrogens with one attached hydrogen (secondary N) is 2. The van der Waals surface area contributed by atoms with Crippen LogP contribution in [0.25, 0.3) is 0 Å². The number of nitrogens with zero attached hydrogens (tertiary/aromatic N) is 2. The van der Waals surface area contributed by atoms with E-state index >= 15 is 0 Å². The van der Waals surface area contributed by atoms with Gasteiger partial charge in [0.2, 0.25) is 5.91 Å². The van der Waals surface area contributed by atoms with Gasteiger partial charge in [-0.25, -0.2) is 0 Å². The summed E-state index contributed by atoms with van der Waals surface area (Å²) < 4.78 is 1.65. The van der Waals surface area contributed by atoms with Crippen molar-refractivity contribution in [3.63, 3.8) is 0 Å². The Hall–Kier alpha value is -1.36. The lowest BCUT2D eigenvalue weighted by Crippen LogP contribution is -2.27. The number of rotatable bonds is 3. The van der Waals surface area contributed by atoms with Crippen molar-refractivity contribution in [2.24, 2.45) is 7.05 Å². The summed E-state index contributed by atoms with van der Waals surface area (Å²) in [6, 6.07) is 2.14. The first-order valence-corrected chi connectivity index (χ1v) is 5.27. The summed E-state index contributed by atoms with van der Waals surface area (Å²) in [6.07, 6.45) is 4.48. The van der Waals surface area contributed by atoms with Crippen LogP contribution in [0.4, 0.5) is 5.82 Å². The Balaban J connectivity index is 1.84. The molecule has 5 nitrogen and oxygen atoms in total. The van der Waals surface area contributed by atoms with Crippen molar-refractivity contribution >= 4 is 11.7 Å². The highest BCUT2D eigenvalue weighted by molar-refractivity contribution is 5.90. The van der Waals surface area contributed by atoms with Crippen molar-refractivity contribution in [1.29, 1.82) is 0 Å². The van der Waals surface area contributed by atoms with Crippen LogP contribution in [0, 0.1) is 0 Å². The number of hydrogen-bond acceptors (Lipinski definition) is 3. The van der Waals surface area contributed by atoms with Crippen LogP contribution in [0.1, 0.15) is 19.3 Å². The molecule has 2 N–H and O–H groups in total. The van der Waals surface area contributed by atoms with Gasteiger partial charge in [-0.15, -0.1) is 0 Å². The SMILES string of the molecule is Cn1nccc1NC(=O)CC1CCCN1. The maximum absolute atomic E-state index is 11.6. The van der Waals surface area contributed by atoms with E-state index in [1.54, 1.807) is 16.9 Å². The summed E-state index contributed by atoms with van der Waals surface area (Å²) in [5, 5.41) is 10.1. The van der Waals surface area contributed by atoms with Crippen LogP contribution in [-0.4, -0.2) is 28.3 Å². The minimum Gasteiger partial charge on any atom is -0.313 e. The molecule has 0 aromatic carbocycles. The van der Waals surface area contributed by atoms with E-state index in [1.165, 1.54) is 6.42 Å². The molecule has 1 saturated heterocycles. The second-order valence-electron chi connectivity index (χ2n) is 3.89. The molecule has 0 radical (unpaired) electrons.